The van der Waals surface area contributed by atoms with Gasteiger partial charge in [-0.25, -0.2) is 9.97 Å². The van der Waals surface area contributed by atoms with E-state index < -0.39 is 6.04 Å². The van der Waals surface area contributed by atoms with E-state index in [4.69, 9.17) is 0 Å². The zero-order chi connectivity index (χ0) is 31.9. The fourth-order valence-electron chi connectivity index (χ4n) is 6.84. The Morgan fingerprint density at radius 1 is 0.955 bits per heavy atom. The highest BCUT2D eigenvalue weighted by Crippen LogP contribution is 2.59. The molecular formula is C35H48N6O3. The smallest absolute Gasteiger partial charge is 0.245 e. The molecule has 236 valence electrons. The Kier molecular flexibility index (Phi) is 8.96. The number of Topliss-reactive ketones (excluding diaryl/α,β-unsaturated/α-hetero) is 1. The highest BCUT2D eigenvalue weighted by atomic mass is 16.2. The number of nitrogens with one attached hydrogen (secondary N) is 1. The molecule has 9 heteroatoms. The SMILES string of the molecule is CC(=O)c1nn(CC(=O)N2C3C[C@]3(C)C[C@H]2C(=O)NC(CCC(C)C)CCC(C)C)c2c(C)cc(-c3cnc(C)nc3)cc12. The van der Waals surface area contributed by atoms with E-state index in [1.54, 1.807) is 17.1 Å². The van der Waals surface area contributed by atoms with Crippen LogP contribution in [0, 0.1) is 31.1 Å². The third-order valence-corrected chi connectivity index (χ3v) is 9.52. The summed E-state index contributed by atoms with van der Waals surface area (Å²) in [4.78, 5) is 51.0. The van der Waals surface area contributed by atoms with Crippen LogP contribution in [0.3, 0.4) is 0 Å². The number of hydrogen-bond acceptors (Lipinski definition) is 6. The largest absolute Gasteiger partial charge is 0.352 e. The first-order chi connectivity index (χ1) is 20.8. The topological polar surface area (TPSA) is 110 Å². The molecule has 2 aromatic heterocycles. The van der Waals surface area contributed by atoms with Gasteiger partial charge >= 0.3 is 0 Å². The molecular weight excluding hydrogens is 552 g/mol. The van der Waals surface area contributed by atoms with Crippen molar-refractivity contribution in [2.45, 2.75) is 119 Å². The minimum absolute atomic E-state index is 0.0271. The van der Waals surface area contributed by atoms with Crippen molar-refractivity contribution in [1.82, 2.24) is 30.0 Å². The van der Waals surface area contributed by atoms with Crippen LogP contribution >= 0.6 is 0 Å². The van der Waals surface area contributed by atoms with Crippen LogP contribution in [0.5, 0.6) is 0 Å². The van der Waals surface area contributed by atoms with Crippen LogP contribution in [0.1, 0.15) is 102 Å². The summed E-state index contributed by atoms with van der Waals surface area (Å²) in [6.07, 6.45) is 9.12. The molecule has 3 atom stereocenters. The van der Waals surface area contributed by atoms with Gasteiger partial charge in [0.25, 0.3) is 0 Å². The number of nitrogens with zero attached hydrogens (tertiary/aromatic N) is 5. The quantitative estimate of drug-likeness (QED) is 0.254. The molecule has 1 saturated heterocycles. The van der Waals surface area contributed by atoms with Crippen molar-refractivity contribution in [2.75, 3.05) is 0 Å². The summed E-state index contributed by atoms with van der Waals surface area (Å²) in [6.45, 7) is 16.3. The molecule has 1 saturated carbocycles. The Morgan fingerprint density at radius 2 is 1.59 bits per heavy atom. The number of carbonyl (C=O) groups excluding carboxylic acids is 3. The number of aryl methyl sites for hydroxylation is 2. The van der Waals surface area contributed by atoms with Crippen LogP contribution < -0.4 is 5.32 Å². The fraction of sp³-hybridized carbons (Fsp3) is 0.600. The van der Waals surface area contributed by atoms with Gasteiger partial charge in [0.1, 0.15) is 24.1 Å². The number of rotatable bonds is 12. The molecule has 2 amide bonds. The highest BCUT2D eigenvalue weighted by Gasteiger charge is 2.64. The van der Waals surface area contributed by atoms with Crippen molar-refractivity contribution in [1.29, 1.82) is 0 Å². The van der Waals surface area contributed by atoms with Gasteiger partial charge < -0.3 is 10.2 Å². The second kappa shape index (κ2) is 12.4. The molecule has 0 spiro atoms. The van der Waals surface area contributed by atoms with Crippen molar-refractivity contribution < 1.29 is 14.4 Å². The van der Waals surface area contributed by atoms with E-state index in [9.17, 15) is 14.4 Å². The Morgan fingerprint density at radius 3 is 2.18 bits per heavy atom. The van der Waals surface area contributed by atoms with Gasteiger partial charge in [0.05, 0.1) is 5.52 Å². The van der Waals surface area contributed by atoms with Crippen molar-refractivity contribution >= 4 is 28.5 Å². The number of benzene rings is 1. The van der Waals surface area contributed by atoms with Gasteiger partial charge in [-0.2, -0.15) is 5.10 Å². The first-order valence-electron chi connectivity index (χ1n) is 16.2. The monoisotopic (exact) mass is 600 g/mol. The summed E-state index contributed by atoms with van der Waals surface area (Å²) in [5.74, 6) is 1.48. The molecule has 3 aromatic rings. The summed E-state index contributed by atoms with van der Waals surface area (Å²) in [5.41, 5.74) is 3.69. The summed E-state index contributed by atoms with van der Waals surface area (Å²) in [7, 11) is 0. The number of amides is 2. The van der Waals surface area contributed by atoms with Gasteiger partial charge in [-0.1, -0.05) is 34.6 Å². The maximum Gasteiger partial charge on any atom is 0.245 e. The van der Waals surface area contributed by atoms with Crippen LogP contribution in [0.25, 0.3) is 22.0 Å². The zero-order valence-electron chi connectivity index (χ0n) is 27.6. The fourth-order valence-corrected chi connectivity index (χ4v) is 6.84. The van der Waals surface area contributed by atoms with E-state index in [0.717, 1.165) is 54.3 Å². The molecule has 2 fully saturated rings. The molecule has 0 radical (unpaired) electrons. The van der Waals surface area contributed by atoms with Gasteiger partial charge in [0, 0.05) is 42.4 Å². The normalized spacial score (nSPS) is 21.0. The van der Waals surface area contributed by atoms with Gasteiger partial charge in [-0.15, -0.1) is 0 Å². The lowest BCUT2D eigenvalue weighted by atomic mass is 9.96. The average Bonchev–Trinajstić information content (AvgIpc) is 3.30. The van der Waals surface area contributed by atoms with Crippen LogP contribution in [0.4, 0.5) is 0 Å². The lowest BCUT2D eigenvalue weighted by Gasteiger charge is -2.29. The standard InChI is InChI=1S/C35H48N6O3/c1-20(2)9-11-27(12-10-21(3)4)38-34(44)29-15-35(8)16-30(35)41(29)31(43)19-40-33-22(5)13-25(26-17-36-24(7)37-18-26)14-28(33)32(39-40)23(6)42/h13-14,17-18,20-21,27,29-30H,9-12,15-16,19H2,1-8H3,(H,38,44)/t29-,30?,35-/m0/s1. The van der Waals surface area contributed by atoms with Gasteiger partial charge in [-0.3, -0.25) is 19.1 Å². The lowest BCUT2D eigenvalue weighted by molar-refractivity contribution is -0.140. The Balaban J connectivity index is 1.40. The minimum atomic E-state index is -0.491. The van der Waals surface area contributed by atoms with E-state index >= 15 is 0 Å². The van der Waals surface area contributed by atoms with E-state index in [-0.39, 0.29) is 41.6 Å². The van der Waals surface area contributed by atoms with E-state index in [2.05, 4.69) is 55.0 Å². The minimum Gasteiger partial charge on any atom is -0.352 e. The van der Waals surface area contributed by atoms with Crippen LogP contribution in [0.15, 0.2) is 24.5 Å². The second-order valence-electron chi connectivity index (χ2n) is 14.3. The summed E-state index contributed by atoms with van der Waals surface area (Å²) >= 11 is 0. The third-order valence-electron chi connectivity index (χ3n) is 9.52. The molecule has 44 heavy (non-hydrogen) atoms. The summed E-state index contributed by atoms with van der Waals surface area (Å²) in [5, 5.41) is 8.70. The zero-order valence-corrected chi connectivity index (χ0v) is 27.6. The second-order valence-corrected chi connectivity index (χ2v) is 14.3. The maximum atomic E-state index is 14.1. The van der Waals surface area contributed by atoms with Crippen LogP contribution in [0.2, 0.25) is 0 Å². The van der Waals surface area contributed by atoms with Crippen LogP contribution in [-0.4, -0.2) is 60.4 Å². The molecule has 1 aliphatic carbocycles. The number of fused-ring (bicyclic) bond motifs is 2. The predicted octanol–water partition coefficient (Wildman–Crippen LogP) is 6.05. The Bertz CT molecular complexity index is 1550. The molecule has 0 bridgehead atoms. The van der Waals surface area contributed by atoms with Gasteiger partial charge in [0.15, 0.2) is 5.78 Å². The van der Waals surface area contributed by atoms with Crippen molar-refractivity contribution in [3.8, 4) is 11.1 Å². The predicted molar refractivity (Wildman–Crippen MR) is 172 cm³/mol. The molecule has 1 unspecified atom stereocenters. The van der Waals surface area contributed by atoms with Crippen molar-refractivity contribution in [2.24, 2.45) is 17.3 Å². The molecule has 2 aliphatic rings. The first kappa shape index (κ1) is 31.8. The third kappa shape index (κ3) is 6.57. The van der Waals surface area contributed by atoms with E-state index in [1.165, 1.54) is 6.92 Å². The summed E-state index contributed by atoms with van der Waals surface area (Å²) in [6, 6.07) is 3.62. The average molecular weight is 601 g/mol. The summed E-state index contributed by atoms with van der Waals surface area (Å²) < 4.78 is 1.65. The molecule has 5 rings (SSSR count). The number of ketones is 1. The van der Waals surface area contributed by atoms with Gasteiger partial charge in [0.2, 0.25) is 11.8 Å². The Labute approximate surface area is 261 Å². The molecule has 1 aliphatic heterocycles. The first-order valence-corrected chi connectivity index (χ1v) is 16.2. The van der Waals surface area contributed by atoms with Crippen molar-refractivity contribution in [3.63, 3.8) is 0 Å². The molecule has 9 nitrogen and oxygen atoms in total. The number of aromatic nitrogens is 4. The number of carbonyl (C=O) groups is 3. The molecule has 1 N–H and O–H groups in total. The Hall–Kier alpha value is -3.62. The van der Waals surface area contributed by atoms with Crippen molar-refractivity contribution in [3.05, 3.63) is 41.6 Å². The maximum absolute atomic E-state index is 14.1. The molecule has 3 heterocycles. The lowest BCUT2D eigenvalue weighted by Crippen LogP contribution is -2.51. The van der Waals surface area contributed by atoms with Crippen LogP contribution in [-0.2, 0) is 16.1 Å². The van der Waals surface area contributed by atoms with E-state index in [1.807, 2.05) is 30.9 Å². The number of piperidine rings is 1. The number of likely N-dealkylation sites (tertiary alicyclic amines) is 1. The highest BCUT2D eigenvalue weighted by molar-refractivity contribution is 6.07. The molecule has 1 aromatic carbocycles. The number of hydrogen-bond donors (Lipinski definition) is 1. The van der Waals surface area contributed by atoms with Gasteiger partial charge in [-0.05, 0) is 92.9 Å². The van der Waals surface area contributed by atoms with E-state index in [0.29, 0.717) is 35.2 Å².